The first-order valence-electron chi connectivity index (χ1n) is 10.7. The monoisotopic (exact) mass is 427 g/mol. The zero-order chi connectivity index (χ0) is 21.6. The number of hydrogen-bond donors (Lipinski definition) is 2. The van der Waals surface area contributed by atoms with Gasteiger partial charge in [0, 0.05) is 41.9 Å². The lowest BCUT2D eigenvalue weighted by atomic mass is 9.96. The van der Waals surface area contributed by atoms with Gasteiger partial charge in [-0.15, -0.1) is 0 Å². The van der Waals surface area contributed by atoms with E-state index < -0.39 is 11.7 Å². The number of alkyl halides is 3. The molecule has 1 unspecified atom stereocenters. The zero-order valence-corrected chi connectivity index (χ0v) is 17.0. The molecule has 31 heavy (non-hydrogen) atoms. The van der Waals surface area contributed by atoms with Crippen molar-refractivity contribution in [2.75, 3.05) is 0 Å². The van der Waals surface area contributed by atoms with Crippen molar-refractivity contribution in [2.24, 2.45) is 0 Å². The largest absolute Gasteiger partial charge is 0.416 e. The van der Waals surface area contributed by atoms with Crippen LogP contribution in [0.2, 0.25) is 0 Å². The summed E-state index contributed by atoms with van der Waals surface area (Å²) in [5.74, 6) is -0.0583. The number of rotatable bonds is 4. The number of hydrogen-bond acceptors (Lipinski definition) is 2. The van der Waals surface area contributed by atoms with Gasteiger partial charge in [-0.3, -0.25) is 9.69 Å². The van der Waals surface area contributed by atoms with Gasteiger partial charge in [-0.05, 0) is 67.0 Å². The van der Waals surface area contributed by atoms with E-state index in [1.165, 1.54) is 0 Å². The smallest absolute Gasteiger partial charge is 0.361 e. The summed E-state index contributed by atoms with van der Waals surface area (Å²) in [5, 5.41) is 4.27. The maximum absolute atomic E-state index is 12.8. The van der Waals surface area contributed by atoms with Gasteiger partial charge in [0.1, 0.15) is 0 Å². The number of amides is 1. The molecule has 5 rings (SSSR count). The van der Waals surface area contributed by atoms with Crippen molar-refractivity contribution in [1.29, 1.82) is 0 Å². The minimum Gasteiger partial charge on any atom is -0.361 e. The number of halogens is 3. The van der Waals surface area contributed by atoms with Crippen LogP contribution in [0.1, 0.15) is 47.2 Å². The van der Waals surface area contributed by atoms with Crippen molar-refractivity contribution < 1.29 is 18.0 Å². The first-order valence-corrected chi connectivity index (χ1v) is 10.7. The molecule has 4 nitrogen and oxygen atoms in total. The highest BCUT2D eigenvalue weighted by molar-refractivity contribution is 5.98. The molecule has 1 amide bonds. The number of H-pyrrole nitrogens is 1. The Morgan fingerprint density at radius 2 is 1.74 bits per heavy atom. The SMILES string of the molecule is O=C(NC1C[C@H]2CC[C@@H](C1)N2Cc1ccc(C(F)(F)F)cc1)c1ccc2cc[nH]c2c1. The van der Waals surface area contributed by atoms with Crippen molar-refractivity contribution in [1.82, 2.24) is 15.2 Å². The first kappa shape index (κ1) is 20.1. The van der Waals surface area contributed by atoms with Crippen LogP contribution < -0.4 is 5.32 Å². The van der Waals surface area contributed by atoms with Crippen LogP contribution in [0, 0.1) is 0 Å². The molecule has 1 aromatic heterocycles. The predicted molar refractivity (Wildman–Crippen MR) is 113 cm³/mol. The number of carbonyl (C=O) groups is 1. The molecule has 7 heteroatoms. The van der Waals surface area contributed by atoms with Gasteiger partial charge < -0.3 is 10.3 Å². The fourth-order valence-corrected chi connectivity index (χ4v) is 5.12. The highest BCUT2D eigenvalue weighted by atomic mass is 19.4. The van der Waals surface area contributed by atoms with E-state index in [0.29, 0.717) is 24.2 Å². The standard InChI is InChI=1S/C24H24F3N3O/c25-24(26,27)18-5-1-15(2-6-18)14-30-20-7-8-21(30)13-19(12-20)29-23(31)17-4-3-16-9-10-28-22(16)11-17/h1-6,9-11,19-21,28H,7-8,12-14H2,(H,29,31)/t19?,20-,21+. The molecule has 2 N–H and O–H groups in total. The number of aromatic nitrogens is 1. The van der Waals surface area contributed by atoms with Gasteiger partial charge in [-0.25, -0.2) is 0 Å². The Labute approximate surface area is 178 Å². The Balaban J connectivity index is 1.22. The third-order valence-corrected chi connectivity index (χ3v) is 6.68. The Bertz CT molecular complexity index is 1080. The molecular weight excluding hydrogens is 403 g/mol. The fourth-order valence-electron chi connectivity index (χ4n) is 5.12. The molecule has 0 saturated carbocycles. The third kappa shape index (κ3) is 4.06. The number of nitrogens with one attached hydrogen (secondary N) is 2. The minimum absolute atomic E-state index is 0.0583. The molecule has 2 aliphatic rings. The third-order valence-electron chi connectivity index (χ3n) is 6.68. The van der Waals surface area contributed by atoms with Crippen molar-refractivity contribution in [2.45, 2.75) is 56.5 Å². The van der Waals surface area contributed by atoms with Crippen LogP contribution in [-0.2, 0) is 12.7 Å². The average molecular weight is 427 g/mol. The highest BCUT2D eigenvalue weighted by Crippen LogP contribution is 2.37. The summed E-state index contributed by atoms with van der Waals surface area (Å²) in [6.07, 6.45) is 1.41. The molecule has 2 aliphatic heterocycles. The van der Waals surface area contributed by atoms with E-state index in [1.807, 2.05) is 30.5 Å². The van der Waals surface area contributed by atoms with Gasteiger partial charge in [0.2, 0.25) is 0 Å². The fraction of sp³-hybridized carbons (Fsp3) is 0.375. The van der Waals surface area contributed by atoms with Gasteiger partial charge >= 0.3 is 6.18 Å². The summed E-state index contributed by atoms with van der Waals surface area (Å²) in [4.78, 5) is 18.3. The maximum Gasteiger partial charge on any atom is 0.416 e. The van der Waals surface area contributed by atoms with Crippen LogP contribution in [0.4, 0.5) is 13.2 Å². The van der Waals surface area contributed by atoms with Crippen molar-refractivity contribution >= 4 is 16.8 Å². The molecule has 2 fully saturated rings. The van der Waals surface area contributed by atoms with Crippen molar-refractivity contribution in [3.8, 4) is 0 Å². The number of carbonyl (C=O) groups excluding carboxylic acids is 1. The molecule has 2 saturated heterocycles. The van der Waals surface area contributed by atoms with Gasteiger partial charge in [0.05, 0.1) is 5.56 Å². The van der Waals surface area contributed by atoms with E-state index in [-0.39, 0.29) is 11.9 Å². The second-order valence-corrected chi connectivity index (χ2v) is 8.67. The lowest BCUT2D eigenvalue weighted by Gasteiger charge is -2.39. The molecule has 0 spiro atoms. The van der Waals surface area contributed by atoms with Crippen LogP contribution in [0.15, 0.2) is 54.7 Å². The number of fused-ring (bicyclic) bond motifs is 3. The number of benzene rings is 2. The van der Waals surface area contributed by atoms with E-state index in [2.05, 4.69) is 15.2 Å². The second-order valence-electron chi connectivity index (χ2n) is 8.67. The Morgan fingerprint density at radius 1 is 1.03 bits per heavy atom. The molecule has 3 heterocycles. The predicted octanol–water partition coefficient (Wildman–Crippen LogP) is 5.11. The zero-order valence-electron chi connectivity index (χ0n) is 17.0. The van der Waals surface area contributed by atoms with Crippen molar-refractivity contribution in [3.05, 3.63) is 71.4 Å². The molecule has 0 radical (unpaired) electrons. The van der Waals surface area contributed by atoms with E-state index in [1.54, 1.807) is 12.1 Å². The van der Waals surface area contributed by atoms with Gasteiger partial charge in [-0.2, -0.15) is 13.2 Å². The quantitative estimate of drug-likeness (QED) is 0.608. The van der Waals surface area contributed by atoms with Gasteiger partial charge in [-0.1, -0.05) is 18.2 Å². The highest BCUT2D eigenvalue weighted by Gasteiger charge is 2.41. The number of nitrogens with zero attached hydrogens (tertiary/aromatic N) is 1. The van der Waals surface area contributed by atoms with E-state index in [0.717, 1.165) is 54.3 Å². The van der Waals surface area contributed by atoms with E-state index >= 15 is 0 Å². The summed E-state index contributed by atoms with van der Waals surface area (Å²) in [6.45, 7) is 0.650. The van der Waals surface area contributed by atoms with E-state index in [9.17, 15) is 18.0 Å². The lowest BCUT2D eigenvalue weighted by Crippen LogP contribution is -2.50. The first-order chi connectivity index (χ1) is 14.9. The number of piperidine rings is 1. The average Bonchev–Trinajstić information content (AvgIpc) is 3.29. The lowest BCUT2D eigenvalue weighted by molar-refractivity contribution is -0.137. The molecule has 3 atom stereocenters. The summed E-state index contributed by atoms with van der Waals surface area (Å²) in [6, 6.07) is 13.9. The number of aromatic amines is 1. The summed E-state index contributed by atoms with van der Waals surface area (Å²) in [7, 11) is 0. The van der Waals surface area contributed by atoms with Crippen molar-refractivity contribution in [3.63, 3.8) is 0 Å². The van der Waals surface area contributed by atoms with Crippen LogP contribution in [0.5, 0.6) is 0 Å². The minimum atomic E-state index is -4.31. The molecule has 0 aliphatic carbocycles. The summed E-state index contributed by atoms with van der Waals surface area (Å²) < 4.78 is 38.4. The van der Waals surface area contributed by atoms with Crippen LogP contribution in [0.3, 0.4) is 0 Å². The van der Waals surface area contributed by atoms with Gasteiger partial charge in [0.15, 0.2) is 0 Å². The molecular formula is C24H24F3N3O. The summed E-state index contributed by atoms with van der Waals surface area (Å²) in [5.41, 5.74) is 1.87. The summed E-state index contributed by atoms with van der Waals surface area (Å²) >= 11 is 0. The maximum atomic E-state index is 12.8. The van der Waals surface area contributed by atoms with Crippen LogP contribution in [-0.4, -0.2) is 33.9 Å². The van der Waals surface area contributed by atoms with Crippen LogP contribution >= 0.6 is 0 Å². The van der Waals surface area contributed by atoms with Crippen LogP contribution in [0.25, 0.3) is 10.9 Å². The van der Waals surface area contributed by atoms with E-state index in [4.69, 9.17) is 0 Å². The molecule has 2 bridgehead atoms. The molecule has 162 valence electrons. The second kappa shape index (κ2) is 7.71. The Kier molecular flexibility index (Phi) is 5.01. The van der Waals surface area contributed by atoms with Gasteiger partial charge in [0.25, 0.3) is 5.91 Å². The molecule has 2 aromatic carbocycles. The molecule has 3 aromatic rings. The Hall–Kier alpha value is -2.80. The topological polar surface area (TPSA) is 48.1 Å². The Morgan fingerprint density at radius 3 is 2.42 bits per heavy atom. The normalized spacial score (nSPS) is 23.9.